The van der Waals surface area contributed by atoms with E-state index in [0.29, 0.717) is 39.2 Å². The number of Topliss-reactive ketones (excluding diaryl/α,β-unsaturated/α-hetero) is 1. The molecule has 2 atom stereocenters. The predicted octanol–water partition coefficient (Wildman–Crippen LogP) is 8.18. The Labute approximate surface area is 240 Å². The number of benzene rings is 3. The van der Waals surface area contributed by atoms with E-state index in [0.717, 1.165) is 41.4 Å². The summed E-state index contributed by atoms with van der Waals surface area (Å²) in [7, 11) is 1.53. The van der Waals surface area contributed by atoms with Crippen molar-refractivity contribution in [1.29, 1.82) is 0 Å². The average Bonchev–Trinajstić information content (AvgIpc) is 3.38. The average molecular weight is 575 g/mol. The minimum absolute atomic E-state index is 0.0442. The molecule has 1 aliphatic rings. The van der Waals surface area contributed by atoms with Crippen molar-refractivity contribution in [2.75, 3.05) is 12.4 Å². The Hall–Kier alpha value is -4.37. The molecule has 2 N–H and O–H groups in total. The van der Waals surface area contributed by atoms with Crippen molar-refractivity contribution in [3.8, 4) is 16.9 Å². The number of methoxy groups -OCH3 is 1. The number of aromatic nitrogens is 1. The number of carbonyl (C=O) groups is 2. The summed E-state index contributed by atoms with van der Waals surface area (Å²) < 4.78 is 33.6. The molecule has 0 radical (unpaired) electrons. The van der Waals surface area contributed by atoms with E-state index in [1.165, 1.54) is 13.2 Å². The summed E-state index contributed by atoms with van der Waals surface area (Å²) in [6.07, 6.45) is 10.1. The minimum Gasteiger partial charge on any atom is -0.495 e. The number of fused-ring (bicyclic) bond motifs is 1. The lowest BCUT2D eigenvalue weighted by Crippen LogP contribution is -2.19. The van der Waals surface area contributed by atoms with Gasteiger partial charge < -0.3 is 15.2 Å². The number of rotatable bonds is 11. The Morgan fingerprint density at radius 2 is 1.88 bits per heavy atom. The van der Waals surface area contributed by atoms with Crippen LogP contribution in [-0.2, 0) is 4.79 Å². The number of thiazole rings is 1. The van der Waals surface area contributed by atoms with Crippen LogP contribution in [0.15, 0.2) is 78.9 Å². The summed E-state index contributed by atoms with van der Waals surface area (Å²) in [5, 5.41) is 13.2. The van der Waals surface area contributed by atoms with Gasteiger partial charge in [-0.2, -0.15) is 0 Å². The quantitative estimate of drug-likeness (QED) is 0.176. The Bertz CT molecular complexity index is 1650. The summed E-state index contributed by atoms with van der Waals surface area (Å²) in [4.78, 5) is 29.0. The first-order valence-electron chi connectivity index (χ1n) is 13.2. The molecule has 210 valence electrons. The Morgan fingerprint density at radius 3 is 2.59 bits per heavy atom. The van der Waals surface area contributed by atoms with E-state index in [9.17, 15) is 23.5 Å². The fourth-order valence-corrected chi connectivity index (χ4v) is 5.78. The minimum atomic E-state index is -0.950. The van der Waals surface area contributed by atoms with Crippen LogP contribution in [0, 0.1) is 23.5 Å². The van der Waals surface area contributed by atoms with Crippen LogP contribution >= 0.6 is 11.3 Å². The van der Waals surface area contributed by atoms with Gasteiger partial charge in [-0.15, -0.1) is 0 Å². The molecule has 0 saturated carbocycles. The maximum absolute atomic E-state index is 14.1. The van der Waals surface area contributed by atoms with Crippen molar-refractivity contribution in [3.63, 3.8) is 0 Å². The predicted molar refractivity (Wildman–Crippen MR) is 157 cm³/mol. The number of aliphatic carboxylic acids is 1. The third-order valence-electron chi connectivity index (χ3n) is 7.13. The van der Waals surface area contributed by atoms with Crippen LogP contribution < -0.4 is 10.1 Å². The Kier molecular flexibility index (Phi) is 8.54. The summed E-state index contributed by atoms with van der Waals surface area (Å²) in [5.74, 6) is -2.43. The number of nitrogens with one attached hydrogen (secondary N) is 1. The first kappa shape index (κ1) is 28.2. The fourth-order valence-electron chi connectivity index (χ4n) is 4.86. The second-order valence-corrected chi connectivity index (χ2v) is 11.0. The van der Waals surface area contributed by atoms with Gasteiger partial charge >= 0.3 is 5.97 Å². The molecule has 9 heteroatoms. The topological polar surface area (TPSA) is 88.5 Å². The SMILES string of the molecule is COc1cc(-c2ccc(C(=O)CC(CCC3C=CC=CC3)C(=O)O)cc2)ccc1Nc1nc2c(F)cc(F)cc2s1. The number of carboxylic acids is 1. The number of carbonyl (C=O) groups excluding carboxylic acids is 1. The lowest BCUT2D eigenvalue weighted by molar-refractivity contribution is -0.142. The number of halogens is 2. The highest BCUT2D eigenvalue weighted by Crippen LogP contribution is 2.36. The second kappa shape index (κ2) is 12.4. The van der Waals surface area contributed by atoms with Crippen molar-refractivity contribution in [1.82, 2.24) is 4.98 Å². The van der Waals surface area contributed by atoms with Crippen LogP contribution in [0.5, 0.6) is 5.75 Å². The second-order valence-electron chi connectivity index (χ2n) is 9.92. The molecule has 3 aromatic carbocycles. The number of ketones is 1. The van der Waals surface area contributed by atoms with Crippen LogP contribution in [0.1, 0.15) is 36.0 Å². The number of carboxylic acid groups (broad SMARTS) is 1. The van der Waals surface area contributed by atoms with E-state index in [1.54, 1.807) is 18.2 Å². The summed E-state index contributed by atoms with van der Waals surface area (Å²) >= 11 is 1.13. The zero-order valence-corrected chi connectivity index (χ0v) is 23.1. The first-order valence-corrected chi connectivity index (χ1v) is 14.0. The molecule has 1 aromatic heterocycles. The van der Waals surface area contributed by atoms with Gasteiger partial charge in [0.05, 0.1) is 23.4 Å². The fraction of sp³-hybridized carbons (Fsp3) is 0.219. The highest BCUT2D eigenvalue weighted by atomic mass is 32.1. The lowest BCUT2D eigenvalue weighted by Gasteiger charge is -2.16. The lowest BCUT2D eigenvalue weighted by atomic mass is 9.88. The maximum Gasteiger partial charge on any atom is 0.306 e. The van der Waals surface area contributed by atoms with E-state index in [4.69, 9.17) is 4.74 Å². The molecule has 5 rings (SSSR count). The van der Waals surface area contributed by atoms with E-state index in [2.05, 4.69) is 22.5 Å². The Balaban J connectivity index is 1.26. The molecule has 2 unspecified atom stereocenters. The van der Waals surface area contributed by atoms with Gasteiger partial charge in [-0.05, 0) is 54.5 Å². The van der Waals surface area contributed by atoms with E-state index >= 15 is 0 Å². The summed E-state index contributed by atoms with van der Waals surface area (Å²) in [6, 6.07) is 14.6. The van der Waals surface area contributed by atoms with Crippen molar-refractivity contribution >= 4 is 44.1 Å². The van der Waals surface area contributed by atoms with Crippen LogP contribution in [0.2, 0.25) is 0 Å². The number of anilines is 2. The van der Waals surface area contributed by atoms with Gasteiger partial charge in [-0.3, -0.25) is 9.59 Å². The molecule has 1 heterocycles. The molecule has 0 bridgehead atoms. The normalized spacial score (nSPS) is 15.1. The first-order chi connectivity index (χ1) is 19.8. The van der Waals surface area contributed by atoms with Gasteiger partial charge in [0.25, 0.3) is 0 Å². The van der Waals surface area contributed by atoms with Gasteiger partial charge in [0.2, 0.25) is 0 Å². The van der Waals surface area contributed by atoms with Crippen molar-refractivity contribution in [2.45, 2.75) is 25.7 Å². The molecule has 0 saturated heterocycles. The van der Waals surface area contributed by atoms with Crippen molar-refractivity contribution in [3.05, 3.63) is 96.1 Å². The van der Waals surface area contributed by atoms with Crippen LogP contribution in [0.3, 0.4) is 0 Å². The van der Waals surface area contributed by atoms with Gasteiger partial charge in [-0.25, -0.2) is 13.8 Å². The van der Waals surface area contributed by atoms with Gasteiger partial charge in [-0.1, -0.05) is 66.0 Å². The number of allylic oxidation sites excluding steroid dienone is 4. The zero-order chi connectivity index (χ0) is 28.9. The maximum atomic E-state index is 14.1. The molecular weight excluding hydrogens is 546 g/mol. The monoisotopic (exact) mass is 574 g/mol. The summed E-state index contributed by atoms with van der Waals surface area (Å²) in [5.41, 5.74) is 2.84. The number of hydrogen-bond donors (Lipinski definition) is 2. The largest absolute Gasteiger partial charge is 0.495 e. The van der Waals surface area contributed by atoms with Crippen LogP contribution in [0.25, 0.3) is 21.3 Å². The van der Waals surface area contributed by atoms with Crippen LogP contribution in [0.4, 0.5) is 19.6 Å². The zero-order valence-electron chi connectivity index (χ0n) is 22.3. The third kappa shape index (κ3) is 6.69. The van der Waals surface area contributed by atoms with E-state index in [-0.39, 0.29) is 17.7 Å². The highest BCUT2D eigenvalue weighted by molar-refractivity contribution is 7.22. The van der Waals surface area contributed by atoms with Crippen molar-refractivity contribution in [2.24, 2.45) is 11.8 Å². The van der Waals surface area contributed by atoms with Gasteiger partial charge in [0.15, 0.2) is 16.7 Å². The van der Waals surface area contributed by atoms with E-state index in [1.807, 2.05) is 36.4 Å². The molecule has 0 amide bonds. The molecule has 41 heavy (non-hydrogen) atoms. The third-order valence-corrected chi connectivity index (χ3v) is 8.05. The standard InChI is InChI=1S/C32H28F2N2O4S/c1-40-28-16-22(13-14-26(28)35-32-36-30-25(34)17-24(33)18-29(30)41-32)20-9-11-21(12-10-20)27(37)15-23(31(38)39)8-7-19-5-3-2-4-6-19/h2-5,9-14,16-19,23H,6-8,15H2,1H3,(H,35,36)(H,38,39). The number of nitrogens with zero attached hydrogens (tertiary/aromatic N) is 1. The molecule has 1 aliphatic carbocycles. The van der Waals surface area contributed by atoms with E-state index < -0.39 is 23.5 Å². The summed E-state index contributed by atoms with van der Waals surface area (Å²) in [6.45, 7) is 0. The smallest absolute Gasteiger partial charge is 0.306 e. The molecule has 0 spiro atoms. The molecule has 0 aliphatic heterocycles. The number of ether oxygens (including phenoxy) is 1. The number of hydrogen-bond acceptors (Lipinski definition) is 6. The van der Waals surface area contributed by atoms with Crippen LogP contribution in [-0.4, -0.2) is 29.0 Å². The molecule has 0 fully saturated rings. The molecule has 6 nitrogen and oxygen atoms in total. The highest BCUT2D eigenvalue weighted by Gasteiger charge is 2.23. The Morgan fingerprint density at radius 1 is 1.10 bits per heavy atom. The molecule has 4 aromatic rings. The van der Waals surface area contributed by atoms with Gasteiger partial charge in [0.1, 0.15) is 17.1 Å². The van der Waals surface area contributed by atoms with Gasteiger partial charge in [0, 0.05) is 18.1 Å². The molecular formula is C32H28F2N2O4S. The van der Waals surface area contributed by atoms with Crippen molar-refractivity contribution < 1.29 is 28.2 Å².